The minimum atomic E-state index is -4.74. The van der Waals surface area contributed by atoms with Gasteiger partial charge in [0.2, 0.25) is 17.7 Å². The van der Waals surface area contributed by atoms with Crippen LogP contribution in [-0.2, 0) is 0 Å². The molecule has 0 spiro atoms. The lowest BCUT2D eigenvalue weighted by Crippen LogP contribution is -2.23. The van der Waals surface area contributed by atoms with Crippen LogP contribution in [0.15, 0.2) is 30.3 Å². The Balaban J connectivity index is 2.14. The van der Waals surface area contributed by atoms with Crippen molar-refractivity contribution in [2.24, 2.45) is 0 Å². The third kappa shape index (κ3) is 8.09. The van der Waals surface area contributed by atoms with E-state index in [4.69, 9.17) is 5.26 Å². The van der Waals surface area contributed by atoms with Gasteiger partial charge >= 0.3 is 18.4 Å². The van der Waals surface area contributed by atoms with Crippen LogP contribution in [0.25, 0.3) is 0 Å². The van der Waals surface area contributed by atoms with E-state index in [2.05, 4.69) is 24.8 Å². The summed E-state index contributed by atoms with van der Waals surface area (Å²) in [5.74, 6) is -2.21. The Morgan fingerprint density at radius 2 is 1.43 bits per heavy atom. The maximum absolute atomic E-state index is 12.3. The molecule has 1 aromatic carbocycles. The topological polar surface area (TPSA) is 109 Å². The molecule has 2 amide bonds. The number of benzene rings is 1. The molecule has 2 rings (SSSR count). The highest BCUT2D eigenvalue weighted by atomic mass is 19.4. The van der Waals surface area contributed by atoms with Gasteiger partial charge < -0.3 is 14.8 Å². The zero-order valence-corrected chi connectivity index (χ0v) is 14.6. The molecule has 14 heteroatoms. The van der Waals surface area contributed by atoms with E-state index in [0.717, 1.165) is 0 Å². The minimum absolute atomic E-state index is 0.240. The first-order valence-corrected chi connectivity index (χ1v) is 7.80. The lowest BCUT2D eigenvalue weighted by atomic mass is 10.2. The summed E-state index contributed by atoms with van der Waals surface area (Å²) in [4.78, 5) is 18.9. The van der Waals surface area contributed by atoms with Gasteiger partial charge in [0, 0.05) is 5.69 Å². The number of aromatic nitrogens is 2. The number of amides is 2. The number of halogens is 6. The van der Waals surface area contributed by atoms with Crippen molar-refractivity contribution >= 4 is 17.7 Å². The second kappa shape index (κ2) is 9.16. The number of nitrogens with one attached hydrogen (secondary N) is 2. The van der Waals surface area contributed by atoms with Gasteiger partial charge in [-0.1, -0.05) is 0 Å². The highest BCUT2D eigenvalue weighted by Crippen LogP contribution is 2.23. The van der Waals surface area contributed by atoms with E-state index in [0.29, 0.717) is 11.6 Å². The van der Waals surface area contributed by atoms with E-state index < -0.39 is 49.3 Å². The Bertz CT molecular complexity index is 889. The van der Waals surface area contributed by atoms with Crippen LogP contribution in [0.4, 0.5) is 42.8 Å². The second-order valence-electron chi connectivity index (χ2n) is 5.44. The molecule has 0 saturated carbocycles. The molecule has 0 saturated heterocycles. The van der Waals surface area contributed by atoms with Crippen molar-refractivity contribution in [3.8, 4) is 17.8 Å². The summed E-state index contributed by atoms with van der Waals surface area (Å²) < 4.78 is 82.6. The molecule has 160 valence electrons. The molecular weight excluding hydrogens is 424 g/mol. The van der Waals surface area contributed by atoms with Crippen LogP contribution in [0.5, 0.6) is 11.8 Å². The highest BCUT2D eigenvalue weighted by molar-refractivity contribution is 5.98. The normalized spacial score (nSPS) is 11.4. The Morgan fingerprint density at radius 3 is 1.87 bits per heavy atom. The first-order valence-electron chi connectivity index (χ1n) is 7.80. The standard InChI is InChI=1S/C16H11F6N5O3/c17-15(18,19)7-29-11-5-12(30-8-16(20,21)22)26-13(25-11)27-14(28)24-10-3-1-9(6-23)2-4-10/h1-5H,7-8H2,(H2,24,25,26,27,28). The lowest BCUT2D eigenvalue weighted by molar-refractivity contribution is -0.154. The number of alkyl halides is 6. The average molecular weight is 435 g/mol. The summed E-state index contributed by atoms with van der Waals surface area (Å²) in [6, 6.07) is 7.10. The summed E-state index contributed by atoms with van der Waals surface area (Å²) >= 11 is 0. The SMILES string of the molecule is N#Cc1ccc(NC(=O)Nc2nc(OCC(F)(F)F)cc(OCC(F)(F)F)n2)cc1. The Morgan fingerprint density at radius 1 is 0.933 bits per heavy atom. The fourth-order valence-corrected chi connectivity index (χ4v) is 1.81. The van der Waals surface area contributed by atoms with E-state index in [1.807, 2.05) is 11.4 Å². The van der Waals surface area contributed by atoms with Crippen LogP contribution >= 0.6 is 0 Å². The molecule has 0 bridgehead atoms. The Hall–Kier alpha value is -3.76. The zero-order chi connectivity index (χ0) is 22.4. The molecule has 0 radical (unpaired) electrons. The first-order chi connectivity index (χ1) is 13.9. The molecular formula is C16H11F6N5O3. The number of ether oxygens (including phenoxy) is 2. The molecule has 2 N–H and O–H groups in total. The number of anilines is 2. The van der Waals surface area contributed by atoms with Gasteiger partial charge in [-0.15, -0.1) is 0 Å². The average Bonchev–Trinajstić information content (AvgIpc) is 2.64. The van der Waals surface area contributed by atoms with Gasteiger partial charge in [0.15, 0.2) is 13.2 Å². The largest absolute Gasteiger partial charge is 0.468 e. The predicted molar refractivity (Wildman–Crippen MR) is 88.9 cm³/mol. The molecule has 0 aliphatic carbocycles. The number of urea groups is 1. The van der Waals surface area contributed by atoms with E-state index in [9.17, 15) is 31.1 Å². The van der Waals surface area contributed by atoms with E-state index in [-0.39, 0.29) is 5.69 Å². The lowest BCUT2D eigenvalue weighted by Gasteiger charge is -2.13. The maximum Gasteiger partial charge on any atom is 0.422 e. The monoisotopic (exact) mass is 435 g/mol. The predicted octanol–water partition coefficient (Wildman–Crippen LogP) is 3.87. The molecule has 8 nitrogen and oxygen atoms in total. The highest BCUT2D eigenvalue weighted by Gasteiger charge is 2.30. The van der Waals surface area contributed by atoms with Crippen LogP contribution in [0.2, 0.25) is 0 Å². The van der Waals surface area contributed by atoms with Gasteiger partial charge in [-0.05, 0) is 24.3 Å². The number of hydrogen-bond donors (Lipinski definition) is 2. The van der Waals surface area contributed by atoms with Crippen molar-refractivity contribution in [2.75, 3.05) is 23.8 Å². The van der Waals surface area contributed by atoms with Gasteiger partial charge in [-0.25, -0.2) is 4.79 Å². The van der Waals surface area contributed by atoms with Crippen molar-refractivity contribution in [1.82, 2.24) is 9.97 Å². The molecule has 0 unspecified atom stereocenters. The van der Waals surface area contributed by atoms with Crippen molar-refractivity contribution in [3.63, 3.8) is 0 Å². The number of carbonyl (C=O) groups excluding carboxylic acids is 1. The van der Waals surface area contributed by atoms with Crippen LogP contribution in [-0.4, -0.2) is 41.6 Å². The Kier molecular flexibility index (Phi) is 6.88. The van der Waals surface area contributed by atoms with Crippen molar-refractivity contribution in [3.05, 3.63) is 35.9 Å². The van der Waals surface area contributed by atoms with Crippen molar-refractivity contribution < 1.29 is 40.6 Å². The van der Waals surface area contributed by atoms with Gasteiger partial charge in [0.1, 0.15) is 0 Å². The number of nitriles is 1. The molecule has 0 aliphatic heterocycles. The summed E-state index contributed by atoms with van der Waals surface area (Å²) in [6.07, 6.45) is -9.48. The Labute approximate surface area is 164 Å². The van der Waals surface area contributed by atoms with Crippen molar-refractivity contribution in [1.29, 1.82) is 5.26 Å². The van der Waals surface area contributed by atoms with Crippen molar-refractivity contribution in [2.45, 2.75) is 12.4 Å². The molecule has 0 aliphatic rings. The molecule has 1 heterocycles. The number of hydrogen-bond acceptors (Lipinski definition) is 6. The van der Waals surface area contributed by atoms with Crippen LogP contribution in [0.3, 0.4) is 0 Å². The van der Waals surface area contributed by atoms with Gasteiger partial charge in [0.05, 0.1) is 17.7 Å². The van der Waals surface area contributed by atoms with E-state index >= 15 is 0 Å². The van der Waals surface area contributed by atoms with Gasteiger partial charge in [0.25, 0.3) is 0 Å². The van der Waals surface area contributed by atoms with Crippen LogP contribution in [0, 0.1) is 11.3 Å². The summed E-state index contributed by atoms with van der Waals surface area (Å²) in [5.41, 5.74) is 0.565. The minimum Gasteiger partial charge on any atom is -0.468 e. The maximum atomic E-state index is 12.3. The number of nitrogens with zero attached hydrogens (tertiary/aromatic N) is 3. The molecule has 30 heavy (non-hydrogen) atoms. The fraction of sp³-hybridized carbons (Fsp3) is 0.250. The van der Waals surface area contributed by atoms with E-state index in [1.54, 1.807) is 0 Å². The summed E-state index contributed by atoms with van der Waals surface area (Å²) in [6.45, 7) is -3.56. The second-order valence-corrected chi connectivity index (χ2v) is 5.44. The number of rotatable bonds is 6. The first kappa shape index (κ1) is 22.5. The smallest absolute Gasteiger partial charge is 0.422 e. The van der Waals surface area contributed by atoms with Crippen LogP contribution in [0.1, 0.15) is 5.56 Å². The molecule has 0 fully saturated rings. The fourth-order valence-electron chi connectivity index (χ4n) is 1.81. The molecule has 1 aromatic heterocycles. The van der Waals surface area contributed by atoms with E-state index in [1.165, 1.54) is 24.3 Å². The quantitative estimate of drug-likeness (QED) is 0.667. The summed E-state index contributed by atoms with van der Waals surface area (Å²) in [5, 5.41) is 13.1. The third-order valence-electron chi connectivity index (χ3n) is 2.94. The van der Waals surface area contributed by atoms with Gasteiger partial charge in [-0.2, -0.15) is 41.6 Å². The summed E-state index contributed by atoms with van der Waals surface area (Å²) in [7, 11) is 0. The molecule has 2 aromatic rings. The molecule has 0 atom stereocenters. The zero-order valence-electron chi connectivity index (χ0n) is 14.6. The van der Waals surface area contributed by atoms with Gasteiger partial charge in [-0.3, -0.25) is 5.32 Å². The number of carbonyl (C=O) groups is 1. The van der Waals surface area contributed by atoms with Crippen LogP contribution < -0.4 is 20.1 Å². The third-order valence-corrected chi connectivity index (χ3v) is 2.94.